The third-order valence-corrected chi connectivity index (χ3v) is 16.2. The van der Waals surface area contributed by atoms with Crippen LogP contribution in [0.5, 0.6) is 0 Å². The number of benzene rings is 7. The minimum Gasteiger partial charge on any atom is -0.315 e. The van der Waals surface area contributed by atoms with Gasteiger partial charge in [-0.15, -0.1) is 0 Å². The van der Waals surface area contributed by atoms with E-state index in [1.165, 1.54) is 127 Å². The summed E-state index contributed by atoms with van der Waals surface area (Å²) in [4.78, 5) is 0. The first-order chi connectivity index (χ1) is 28.0. The number of aryl methyl sites for hydroxylation is 1. The lowest BCUT2D eigenvalue weighted by Gasteiger charge is -2.44. The zero-order valence-electron chi connectivity index (χ0n) is 34.9. The van der Waals surface area contributed by atoms with Gasteiger partial charge in [0.25, 0.3) is 6.71 Å². The fraction of sp³-hybridized carbons (Fsp3) is 0.236. The molecule has 0 N–H and O–H groups in total. The van der Waals surface area contributed by atoms with E-state index >= 15 is 0 Å². The minimum absolute atomic E-state index is 0.00236. The van der Waals surface area contributed by atoms with Gasteiger partial charge < -0.3 is 9.13 Å². The van der Waals surface area contributed by atoms with Crippen molar-refractivity contribution in [3.63, 3.8) is 0 Å². The van der Waals surface area contributed by atoms with Crippen LogP contribution in [0.2, 0.25) is 0 Å². The number of aromatic nitrogens is 2. The first kappa shape index (κ1) is 33.2. The molecule has 0 unspecified atom stereocenters. The maximum absolute atomic E-state index is 2.77. The van der Waals surface area contributed by atoms with Gasteiger partial charge in [-0.2, -0.15) is 0 Å². The Morgan fingerprint density at radius 1 is 0.552 bits per heavy atom. The standard InChI is InChI=1S/C55H47BN2/c1-9-53(5,6)33-26-38-39-27-34(54(7,8)10-2)29-45-50(39)58-49(38)43(28-33)55(40-21-15-13-19-36(40)37-20-14-16-22-41(37)55)42-23-24-46-48(51(42)58)56(45)44-25-32-17-11-12-18-35(32)47-30(3)31(4)57(46)52(44)47/h11-29H,9-10H2,1-8H3. The Morgan fingerprint density at radius 2 is 1.16 bits per heavy atom. The summed E-state index contributed by atoms with van der Waals surface area (Å²) in [7, 11) is 0. The van der Waals surface area contributed by atoms with Gasteiger partial charge in [0.05, 0.1) is 10.9 Å². The molecule has 1 spiro atoms. The van der Waals surface area contributed by atoms with Crippen molar-refractivity contribution in [1.82, 2.24) is 9.13 Å². The molecule has 0 saturated carbocycles. The molecule has 0 fully saturated rings. The monoisotopic (exact) mass is 746 g/mol. The molecular weight excluding hydrogens is 699 g/mol. The van der Waals surface area contributed by atoms with Gasteiger partial charge in [0.2, 0.25) is 0 Å². The Morgan fingerprint density at radius 3 is 1.84 bits per heavy atom. The average molecular weight is 747 g/mol. The molecule has 0 radical (unpaired) electrons. The number of rotatable bonds is 4. The van der Waals surface area contributed by atoms with Crippen LogP contribution in [0.3, 0.4) is 0 Å². The summed E-state index contributed by atoms with van der Waals surface area (Å²) in [6.45, 7) is 19.3. The second-order valence-corrected chi connectivity index (χ2v) is 19.3. The van der Waals surface area contributed by atoms with E-state index in [9.17, 15) is 0 Å². The van der Waals surface area contributed by atoms with Gasteiger partial charge in [0.15, 0.2) is 0 Å². The predicted molar refractivity (Wildman–Crippen MR) is 247 cm³/mol. The van der Waals surface area contributed by atoms with Crippen LogP contribution in [0.25, 0.3) is 66.0 Å². The summed E-state index contributed by atoms with van der Waals surface area (Å²) >= 11 is 0. The summed E-state index contributed by atoms with van der Waals surface area (Å²) in [5, 5.41) is 6.90. The van der Waals surface area contributed by atoms with Gasteiger partial charge in [-0.3, -0.25) is 0 Å². The van der Waals surface area contributed by atoms with Crippen LogP contribution in [-0.2, 0) is 16.2 Å². The first-order valence-electron chi connectivity index (χ1n) is 21.6. The van der Waals surface area contributed by atoms with Gasteiger partial charge in [-0.1, -0.05) is 139 Å². The number of fused-ring (bicyclic) bond motifs is 13. The zero-order valence-corrected chi connectivity index (χ0v) is 34.9. The van der Waals surface area contributed by atoms with Gasteiger partial charge in [-0.25, -0.2) is 0 Å². The van der Waals surface area contributed by atoms with E-state index in [1.807, 2.05) is 0 Å². The molecule has 9 aromatic rings. The summed E-state index contributed by atoms with van der Waals surface area (Å²) in [5.41, 5.74) is 24.8. The lowest BCUT2D eigenvalue weighted by atomic mass is 9.33. The highest BCUT2D eigenvalue weighted by Crippen LogP contribution is 2.62. The molecule has 0 saturated heterocycles. The Labute approximate surface area is 341 Å². The highest BCUT2D eigenvalue weighted by Gasteiger charge is 2.54. The molecule has 3 heteroatoms. The van der Waals surface area contributed by atoms with Crippen LogP contribution >= 0.6 is 0 Å². The van der Waals surface area contributed by atoms with Crippen LogP contribution in [0.1, 0.15) is 99.0 Å². The Bertz CT molecular complexity index is 3360. The third-order valence-electron chi connectivity index (χ3n) is 16.2. The molecule has 0 amide bonds. The van der Waals surface area contributed by atoms with Crippen LogP contribution in [-0.4, -0.2) is 15.8 Å². The molecule has 13 rings (SSSR count). The Kier molecular flexibility index (Phi) is 5.97. The highest BCUT2D eigenvalue weighted by atomic mass is 15.1. The fourth-order valence-electron chi connectivity index (χ4n) is 12.3. The highest BCUT2D eigenvalue weighted by molar-refractivity contribution is 7.00. The molecular formula is C55H47BN2. The van der Waals surface area contributed by atoms with Crippen LogP contribution in [0.15, 0.2) is 115 Å². The van der Waals surface area contributed by atoms with Crippen molar-refractivity contribution in [2.75, 3.05) is 0 Å². The number of nitrogens with zero attached hydrogens (tertiary/aromatic N) is 2. The lowest BCUT2D eigenvalue weighted by molar-refractivity contribution is 0.505. The molecule has 58 heavy (non-hydrogen) atoms. The fourth-order valence-corrected chi connectivity index (χ4v) is 12.3. The summed E-state index contributed by atoms with van der Waals surface area (Å²) in [6, 6.07) is 45.9. The molecule has 2 nitrogen and oxygen atoms in total. The molecule has 7 aromatic carbocycles. The third kappa shape index (κ3) is 3.51. The van der Waals surface area contributed by atoms with Crippen molar-refractivity contribution < 1.29 is 0 Å². The molecule has 280 valence electrons. The van der Waals surface area contributed by atoms with Crippen molar-refractivity contribution in [2.24, 2.45) is 0 Å². The van der Waals surface area contributed by atoms with Gasteiger partial charge in [-0.05, 0) is 133 Å². The summed E-state index contributed by atoms with van der Waals surface area (Å²) in [6.07, 6.45) is 2.14. The van der Waals surface area contributed by atoms with E-state index in [0.717, 1.165) is 12.8 Å². The van der Waals surface area contributed by atoms with E-state index in [1.54, 1.807) is 0 Å². The largest absolute Gasteiger partial charge is 0.315 e. The SMILES string of the molecule is CCC(C)(C)c1cc2c3c(c1)c1cc(C(C)(C)CC)cc4c1n3-c1c(ccc3c1B2c1cc2ccccc2c2c(C)c(C)n-3c12)C41c2ccccc2-c2ccccc21. The van der Waals surface area contributed by atoms with E-state index in [4.69, 9.17) is 0 Å². The average Bonchev–Trinajstić information content (AvgIpc) is 3.84. The predicted octanol–water partition coefficient (Wildman–Crippen LogP) is 11.7. The number of hydrogen-bond donors (Lipinski definition) is 0. The van der Waals surface area contributed by atoms with Crippen molar-refractivity contribution in [2.45, 2.75) is 84.5 Å². The molecule has 0 bridgehead atoms. The molecule has 2 aromatic heterocycles. The maximum atomic E-state index is 2.77. The van der Waals surface area contributed by atoms with Crippen LogP contribution in [0, 0.1) is 13.8 Å². The minimum atomic E-state index is -0.478. The topological polar surface area (TPSA) is 9.86 Å². The quantitative estimate of drug-likeness (QED) is 0.159. The summed E-state index contributed by atoms with van der Waals surface area (Å²) in [5.74, 6) is 0. The summed E-state index contributed by atoms with van der Waals surface area (Å²) < 4.78 is 5.42. The maximum Gasteiger partial charge on any atom is 0.252 e. The second kappa shape index (κ2) is 10.4. The van der Waals surface area contributed by atoms with Crippen LogP contribution in [0.4, 0.5) is 0 Å². The van der Waals surface area contributed by atoms with Crippen molar-refractivity contribution in [3.8, 4) is 22.5 Å². The first-order valence-corrected chi connectivity index (χ1v) is 21.6. The van der Waals surface area contributed by atoms with E-state index in [0.29, 0.717) is 0 Å². The molecule has 4 aliphatic rings. The Balaban J connectivity index is 1.33. The smallest absolute Gasteiger partial charge is 0.252 e. The Hall–Kier alpha value is -5.80. The second-order valence-electron chi connectivity index (χ2n) is 19.3. The van der Waals surface area contributed by atoms with E-state index < -0.39 is 5.41 Å². The van der Waals surface area contributed by atoms with Crippen molar-refractivity contribution in [3.05, 3.63) is 160 Å². The van der Waals surface area contributed by atoms with Crippen molar-refractivity contribution >= 4 is 66.6 Å². The van der Waals surface area contributed by atoms with Gasteiger partial charge >= 0.3 is 0 Å². The normalized spacial score (nSPS) is 15.1. The molecule has 0 atom stereocenters. The molecule has 5 heterocycles. The van der Waals surface area contributed by atoms with Gasteiger partial charge in [0, 0.05) is 44.3 Å². The molecule has 1 aliphatic carbocycles. The zero-order chi connectivity index (χ0) is 39.4. The molecule has 3 aliphatic heterocycles. The van der Waals surface area contributed by atoms with Gasteiger partial charge in [0.1, 0.15) is 0 Å². The van der Waals surface area contributed by atoms with Crippen LogP contribution < -0.4 is 16.4 Å². The lowest BCUT2D eigenvalue weighted by Crippen LogP contribution is -2.60. The van der Waals surface area contributed by atoms with Crippen molar-refractivity contribution in [1.29, 1.82) is 0 Å². The number of hydrogen-bond acceptors (Lipinski definition) is 0. The van der Waals surface area contributed by atoms with E-state index in [-0.39, 0.29) is 17.5 Å². The van der Waals surface area contributed by atoms with E-state index in [2.05, 4.69) is 180 Å².